The molecule has 1 amide bonds. The summed E-state index contributed by atoms with van der Waals surface area (Å²) in [6.45, 7) is 3.72. The van der Waals surface area contributed by atoms with Crippen molar-refractivity contribution in [2.75, 3.05) is 19.0 Å². The molecule has 0 bridgehead atoms. The highest BCUT2D eigenvalue weighted by Crippen LogP contribution is 2.26. The van der Waals surface area contributed by atoms with Gasteiger partial charge in [0.1, 0.15) is 10.6 Å². The first-order valence-electron chi connectivity index (χ1n) is 7.41. The van der Waals surface area contributed by atoms with Crippen LogP contribution in [0.4, 0.5) is 5.13 Å². The Kier molecular flexibility index (Phi) is 6.72. The van der Waals surface area contributed by atoms with Crippen LogP contribution in [0.15, 0.2) is 28.7 Å². The molecule has 1 aromatic carbocycles. The van der Waals surface area contributed by atoms with Crippen molar-refractivity contribution in [2.45, 2.75) is 13.8 Å². The molecule has 0 aliphatic rings. The molecule has 0 spiro atoms. The van der Waals surface area contributed by atoms with Crippen molar-refractivity contribution in [3.63, 3.8) is 0 Å². The highest BCUT2D eigenvalue weighted by Gasteiger charge is 2.16. The molecule has 0 aliphatic carbocycles. The minimum Gasteiger partial charge on any atom is -0.496 e. The second kappa shape index (κ2) is 8.77. The van der Waals surface area contributed by atoms with E-state index in [1.165, 1.54) is 6.08 Å². The lowest BCUT2D eigenvalue weighted by atomic mass is 10.2. The lowest BCUT2D eigenvalue weighted by Crippen LogP contribution is -2.07. The Balaban J connectivity index is 2.04. The summed E-state index contributed by atoms with van der Waals surface area (Å²) >= 11 is 4.48. The number of esters is 1. The van der Waals surface area contributed by atoms with Crippen molar-refractivity contribution in [1.82, 2.24) is 4.98 Å². The van der Waals surface area contributed by atoms with Crippen LogP contribution in [0.5, 0.6) is 5.75 Å². The molecule has 1 aromatic heterocycles. The first-order valence-corrected chi connectivity index (χ1v) is 9.02. The van der Waals surface area contributed by atoms with Gasteiger partial charge in [0, 0.05) is 6.08 Å². The Labute approximate surface area is 158 Å². The van der Waals surface area contributed by atoms with Crippen LogP contribution >= 0.6 is 27.3 Å². The van der Waals surface area contributed by atoms with Crippen LogP contribution in [0.2, 0.25) is 0 Å². The fourth-order valence-corrected chi connectivity index (χ4v) is 3.36. The summed E-state index contributed by atoms with van der Waals surface area (Å²) in [5.74, 6) is -0.0564. The standard InChI is InChI=1S/C17H17BrN2O4S/c1-4-24-16(22)15-10(2)19-17(25-15)20-14(21)8-6-11-5-7-13(23-3)12(18)9-11/h5-9H,4H2,1-3H3,(H,19,20,21)/b8-6+. The lowest BCUT2D eigenvalue weighted by Gasteiger charge is -2.03. The molecule has 132 valence electrons. The Morgan fingerprint density at radius 3 is 2.80 bits per heavy atom. The van der Waals surface area contributed by atoms with Crippen molar-refractivity contribution >= 4 is 50.4 Å². The molecule has 6 nitrogen and oxygen atoms in total. The van der Waals surface area contributed by atoms with Crippen molar-refractivity contribution in [3.8, 4) is 5.75 Å². The first kappa shape index (κ1) is 19.1. The number of ether oxygens (including phenoxy) is 2. The monoisotopic (exact) mass is 424 g/mol. The van der Waals surface area contributed by atoms with E-state index in [2.05, 4.69) is 26.2 Å². The quantitative estimate of drug-likeness (QED) is 0.558. The molecule has 1 heterocycles. The third-order valence-electron chi connectivity index (χ3n) is 3.09. The van der Waals surface area contributed by atoms with Crippen LogP contribution in [0.3, 0.4) is 0 Å². The number of aryl methyl sites for hydroxylation is 1. The van der Waals surface area contributed by atoms with Crippen LogP contribution in [0.25, 0.3) is 6.08 Å². The van der Waals surface area contributed by atoms with Crippen molar-refractivity contribution < 1.29 is 19.1 Å². The second-order valence-electron chi connectivity index (χ2n) is 4.87. The summed E-state index contributed by atoms with van der Waals surface area (Å²) in [6.07, 6.45) is 3.07. The number of nitrogens with zero attached hydrogens (tertiary/aromatic N) is 1. The van der Waals surface area contributed by atoms with E-state index in [0.717, 1.165) is 21.4 Å². The van der Waals surface area contributed by atoms with Gasteiger partial charge < -0.3 is 9.47 Å². The fourth-order valence-electron chi connectivity index (χ4n) is 1.94. The molecule has 0 saturated carbocycles. The molecular weight excluding hydrogens is 408 g/mol. The second-order valence-corrected chi connectivity index (χ2v) is 6.72. The zero-order valence-corrected chi connectivity index (χ0v) is 16.4. The van der Waals surface area contributed by atoms with E-state index in [0.29, 0.717) is 21.5 Å². The largest absolute Gasteiger partial charge is 0.496 e. The lowest BCUT2D eigenvalue weighted by molar-refractivity contribution is -0.111. The van der Waals surface area contributed by atoms with Gasteiger partial charge in [0.05, 0.1) is 23.9 Å². The number of methoxy groups -OCH3 is 1. The third kappa shape index (κ3) is 5.14. The molecule has 2 aromatic rings. The molecule has 0 atom stereocenters. The van der Waals surface area contributed by atoms with Gasteiger partial charge in [-0.2, -0.15) is 0 Å². The zero-order chi connectivity index (χ0) is 18.4. The topological polar surface area (TPSA) is 77.5 Å². The van der Waals surface area contributed by atoms with Crippen molar-refractivity contribution in [3.05, 3.63) is 44.9 Å². The summed E-state index contributed by atoms with van der Waals surface area (Å²) in [5, 5.41) is 3.00. The maximum Gasteiger partial charge on any atom is 0.350 e. The molecule has 0 saturated heterocycles. The highest BCUT2D eigenvalue weighted by molar-refractivity contribution is 9.10. The van der Waals surface area contributed by atoms with Crippen molar-refractivity contribution in [1.29, 1.82) is 0 Å². The molecular formula is C17H17BrN2O4S. The number of hydrogen-bond acceptors (Lipinski definition) is 6. The Bertz CT molecular complexity index is 817. The van der Waals surface area contributed by atoms with Gasteiger partial charge in [-0.05, 0) is 53.5 Å². The van der Waals surface area contributed by atoms with E-state index in [4.69, 9.17) is 9.47 Å². The summed E-state index contributed by atoms with van der Waals surface area (Å²) in [7, 11) is 1.59. The minimum absolute atomic E-state index is 0.290. The predicted octanol–water partition coefficient (Wildman–Crippen LogP) is 4.05. The highest BCUT2D eigenvalue weighted by atomic mass is 79.9. The maximum atomic E-state index is 12.0. The number of hydrogen-bond donors (Lipinski definition) is 1. The van der Waals surface area contributed by atoms with Crippen LogP contribution < -0.4 is 10.1 Å². The Hall–Kier alpha value is -2.19. The van der Waals surface area contributed by atoms with Crippen LogP contribution in [0.1, 0.15) is 27.9 Å². The van der Waals surface area contributed by atoms with Gasteiger partial charge in [0.25, 0.3) is 0 Å². The number of thiazole rings is 1. The average Bonchev–Trinajstić information content (AvgIpc) is 2.93. The summed E-state index contributed by atoms with van der Waals surface area (Å²) in [4.78, 5) is 28.4. The maximum absolute atomic E-state index is 12.0. The SMILES string of the molecule is CCOC(=O)c1sc(NC(=O)/C=C/c2ccc(OC)c(Br)c2)nc1C. The van der Waals surface area contributed by atoms with Gasteiger partial charge in [0.15, 0.2) is 5.13 Å². The van der Waals surface area contributed by atoms with E-state index in [9.17, 15) is 9.59 Å². The smallest absolute Gasteiger partial charge is 0.350 e. The number of rotatable bonds is 6. The van der Waals surface area contributed by atoms with Crippen LogP contribution in [0, 0.1) is 6.92 Å². The minimum atomic E-state index is -0.434. The summed E-state index contributed by atoms with van der Waals surface area (Å²) in [5.41, 5.74) is 1.37. The number of carbonyl (C=O) groups is 2. The van der Waals surface area contributed by atoms with Gasteiger partial charge in [-0.25, -0.2) is 9.78 Å². The Morgan fingerprint density at radius 1 is 1.40 bits per heavy atom. The predicted molar refractivity (Wildman–Crippen MR) is 101 cm³/mol. The molecule has 0 radical (unpaired) electrons. The molecule has 0 aliphatic heterocycles. The van der Waals surface area contributed by atoms with E-state index >= 15 is 0 Å². The number of benzene rings is 1. The van der Waals surface area contributed by atoms with Gasteiger partial charge in [-0.15, -0.1) is 0 Å². The van der Waals surface area contributed by atoms with Gasteiger partial charge in [-0.1, -0.05) is 17.4 Å². The van der Waals surface area contributed by atoms with E-state index in [1.54, 1.807) is 33.1 Å². The number of anilines is 1. The third-order valence-corrected chi connectivity index (χ3v) is 4.76. The number of halogens is 1. The first-order chi connectivity index (χ1) is 11.9. The number of nitrogens with one attached hydrogen (secondary N) is 1. The number of carbonyl (C=O) groups excluding carboxylic acids is 2. The van der Waals surface area contributed by atoms with Gasteiger partial charge in [-0.3, -0.25) is 10.1 Å². The zero-order valence-electron chi connectivity index (χ0n) is 14.0. The van der Waals surface area contributed by atoms with Crippen LogP contribution in [-0.4, -0.2) is 30.6 Å². The summed E-state index contributed by atoms with van der Waals surface area (Å²) < 4.78 is 10.9. The van der Waals surface area contributed by atoms with Gasteiger partial charge in [0.2, 0.25) is 5.91 Å². The van der Waals surface area contributed by atoms with Crippen molar-refractivity contribution in [2.24, 2.45) is 0 Å². The Morgan fingerprint density at radius 2 is 2.16 bits per heavy atom. The molecule has 25 heavy (non-hydrogen) atoms. The normalized spacial score (nSPS) is 10.7. The van der Waals surface area contributed by atoms with Gasteiger partial charge >= 0.3 is 5.97 Å². The van der Waals surface area contributed by atoms with E-state index in [-0.39, 0.29) is 12.5 Å². The number of amides is 1. The summed E-state index contributed by atoms with van der Waals surface area (Å²) in [6, 6.07) is 5.48. The molecule has 1 N–H and O–H groups in total. The average molecular weight is 425 g/mol. The molecule has 2 rings (SSSR count). The van der Waals surface area contributed by atoms with E-state index in [1.807, 2.05) is 12.1 Å². The molecule has 0 unspecified atom stereocenters. The van der Waals surface area contributed by atoms with E-state index < -0.39 is 5.97 Å². The fraction of sp³-hybridized carbons (Fsp3) is 0.235. The molecule has 0 fully saturated rings. The van der Waals surface area contributed by atoms with Crippen LogP contribution in [-0.2, 0) is 9.53 Å². The molecule has 8 heteroatoms. The number of aromatic nitrogens is 1.